The number of ether oxygens (including phenoxy) is 1. The summed E-state index contributed by atoms with van der Waals surface area (Å²) < 4.78 is 25.0. The molecule has 0 atom stereocenters. The molecule has 1 aliphatic heterocycles. The van der Waals surface area contributed by atoms with Gasteiger partial charge in [-0.05, 0) is 42.7 Å². The highest BCUT2D eigenvalue weighted by molar-refractivity contribution is 5.91. The summed E-state index contributed by atoms with van der Waals surface area (Å²) in [6, 6.07) is 10.9. The Morgan fingerprint density at radius 1 is 1.09 bits per heavy atom. The SMILES string of the molecule is O=C(NCCN1CCOCC1)c1ccc(CN(Cc2cccc(F)c2)C2CCCCC2)o1. The van der Waals surface area contributed by atoms with Crippen molar-refractivity contribution in [3.05, 3.63) is 59.3 Å². The van der Waals surface area contributed by atoms with Crippen molar-refractivity contribution >= 4 is 5.91 Å². The van der Waals surface area contributed by atoms with Gasteiger partial charge in [0.1, 0.15) is 11.6 Å². The van der Waals surface area contributed by atoms with Gasteiger partial charge in [-0.2, -0.15) is 0 Å². The van der Waals surface area contributed by atoms with Crippen molar-refractivity contribution in [3.63, 3.8) is 0 Å². The molecule has 174 valence electrons. The molecule has 1 amide bonds. The highest BCUT2D eigenvalue weighted by atomic mass is 19.1. The monoisotopic (exact) mass is 443 g/mol. The molecule has 0 radical (unpaired) electrons. The molecule has 1 aromatic heterocycles. The van der Waals surface area contributed by atoms with Gasteiger partial charge in [0.2, 0.25) is 0 Å². The van der Waals surface area contributed by atoms with Gasteiger partial charge in [0, 0.05) is 38.8 Å². The fourth-order valence-corrected chi connectivity index (χ4v) is 4.65. The third-order valence-corrected chi connectivity index (χ3v) is 6.43. The van der Waals surface area contributed by atoms with Gasteiger partial charge in [-0.15, -0.1) is 0 Å². The largest absolute Gasteiger partial charge is 0.455 e. The van der Waals surface area contributed by atoms with Crippen molar-refractivity contribution in [2.24, 2.45) is 0 Å². The molecule has 2 aromatic rings. The van der Waals surface area contributed by atoms with Crippen molar-refractivity contribution in [3.8, 4) is 0 Å². The van der Waals surface area contributed by atoms with Crippen LogP contribution in [0.1, 0.15) is 54.0 Å². The van der Waals surface area contributed by atoms with Crippen LogP contribution in [0, 0.1) is 5.82 Å². The molecule has 0 spiro atoms. The number of morpholine rings is 1. The Balaban J connectivity index is 1.34. The van der Waals surface area contributed by atoms with Crippen LogP contribution in [-0.2, 0) is 17.8 Å². The third-order valence-electron chi connectivity index (χ3n) is 6.43. The zero-order valence-corrected chi connectivity index (χ0v) is 18.7. The second-order valence-corrected chi connectivity index (χ2v) is 8.80. The van der Waals surface area contributed by atoms with Gasteiger partial charge in [0.25, 0.3) is 5.91 Å². The first-order valence-corrected chi connectivity index (χ1v) is 11.8. The molecule has 7 heteroatoms. The second-order valence-electron chi connectivity index (χ2n) is 8.80. The minimum Gasteiger partial charge on any atom is -0.455 e. The van der Waals surface area contributed by atoms with Crippen LogP contribution in [-0.4, -0.2) is 61.1 Å². The Morgan fingerprint density at radius 2 is 1.91 bits per heavy atom. The average Bonchev–Trinajstić information content (AvgIpc) is 3.29. The summed E-state index contributed by atoms with van der Waals surface area (Å²) in [5, 5.41) is 2.95. The normalized spacial score (nSPS) is 18.2. The predicted molar refractivity (Wildman–Crippen MR) is 121 cm³/mol. The highest BCUT2D eigenvalue weighted by Gasteiger charge is 2.23. The van der Waals surface area contributed by atoms with Crippen molar-refractivity contribution < 1.29 is 18.3 Å². The number of carbonyl (C=O) groups is 1. The number of hydrogen-bond acceptors (Lipinski definition) is 5. The third kappa shape index (κ3) is 6.64. The van der Waals surface area contributed by atoms with Crippen molar-refractivity contribution in [1.29, 1.82) is 0 Å². The number of rotatable bonds is 9. The van der Waals surface area contributed by atoms with Crippen LogP contribution >= 0.6 is 0 Å². The molecule has 0 unspecified atom stereocenters. The molecule has 0 bridgehead atoms. The number of benzene rings is 1. The van der Waals surface area contributed by atoms with Crippen LogP contribution in [0.3, 0.4) is 0 Å². The topological polar surface area (TPSA) is 58.0 Å². The van der Waals surface area contributed by atoms with Gasteiger partial charge in [-0.25, -0.2) is 4.39 Å². The van der Waals surface area contributed by atoms with E-state index in [9.17, 15) is 9.18 Å². The van der Waals surface area contributed by atoms with Crippen LogP contribution in [0.4, 0.5) is 4.39 Å². The summed E-state index contributed by atoms with van der Waals surface area (Å²) in [5.41, 5.74) is 0.961. The standard InChI is InChI=1S/C25H34FN3O3/c26-21-6-4-5-20(17-21)18-29(22-7-2-1-3-8-22)19-23-9-10-24(32-23)25(30)27-11-12-28-13-15-31-16-14-28/h4-6,9-10,17,22H,1-3,7-8,11-16,18-19H2,(H,27,30). The van der Waals surface area contributed by atoms with Gasteiger partial charge in [-0.3, -0.25) is 14.6 Å². The lowest BCUT2D eigenvalue weighted by molar-refractivity contribution is 0.0382. The van der Waals surface area contributed by atoms with Gasteiger partial charge in [0.15, 0.2) is 5.76 Å². The molecule has 4 rings (SSSR count). The molecule has 1 saturated heterocycles. The first-order valence-electron chi connectivity index (χ1n) is 11.8. The average molecular weight is 444 g/mol. The van der Waals surface area contributed by atoms with E-state index in [0.717, 1.165) is 57.0 Å². The number of nitrogens with zero attached hydrogens (tertiary/aromatic N) is 2. The minimum atomic E-state index is -0.208. The first-order chi connectivity index (χ1) is 15.7. The Bertz CT molecular complexity index is 860. The van der Waals surface area contributed by atoms with E-state index in [1.165, 1.54) is 25.3 Å². The zero-order chi connectivity index (χ0) is 22.2. The van der Waals surface area contributed by atoms with Crippen molar-refractivity contribution in [2.75, 3.05) is 39.4 Å². The van der Waals surface area contributed by atoms with Gasteiger partial charge in [-0.1, -0.05) is 31.4 Å². The van der Waals surface area contributed by atoms with Crippen LogP contribution in [0.15, 0.2) is 40.8 Å². The number of hydrogen-bond donors (Lipinski definition) is 1. The molecule has 32 heavy (non-hydrogen) atoms. The van der Waals surface area contributed by atoms with Gasteiger partial charge < -0.3 is 14.5 Å². The van der Waals surface area contributed by atoms with E-state index in [-0.39, 0.29) is 11.7 Å². The second kappa shape index (κ2) is 11.6. The van der Waals surface area contributed by atoms with E-state index in [1.54, 1.807) is 18.2 Å². The number of furan rings is 1. The molecule has 6 nitrogen and oxygen atoms in total. The first kappa shape index (κ1) is 23.0. The Labute approximate surface area is 189 Å². The number of amides is 1. The lowest BCUT2D eigenvalue weighted by atomic mass is 9.93. The fraction of sp³-hybridized carbons (Fsp3) is 0.560. The smallest absolute Gasteiger partial charge is 0.287 e. The van der Waals surface area contributed by atoms with Crippen LogP contribution in [0.25, 0.3) is 0 Å². The predicted octanol–water partition coefficient (Wildman–Crippen LogP) is 3.82. The molecule has 2 aliphatic rings. The van der Waals surface area contributed by atoms with Gasteiger partial charge in [0.05, 0.1) is 19.8 Å². The Hall–Kier alpha value is -2.22. The summed E-state index contributed by atoms with van der Waals surface area (Å²) in [4.78, 5) is 17.2. The van der Waals surface area contributed by atoms with Crippen molar-refractivity contribution in [2.45, 2.75) is 51.2 Å². The van der Waals surface area contributed by atoms with Gasteiger partial charge >= 0.3 is 0 Å². The summed E-state index contributed by atoms with van der Waals surface area (Å²) in [6.45, 7) is 6.00. The molecule has 2 heterocycles. The molecule has 1 N–H and O–H groups in total. The van der Waals surface area contributed by atoms with Crippen molar-refractivity contribution in [1.82, 2.24) is 15.1 Å². The molecule has 1 saturated carbocycles. The Morgan fingerprint density at radius 3 is 2.69 bits per heavy atom. The summed E-state index contributed by atoms with van der Waals surface area (Å²) >= 11 is 0. The molecule has 2 fully saturated rings. The number of halogens is 1. The van der Waals surface area contributed by atoms with E-state index in [1.807, 2.05) is 12.1 Å². The Kier molecular flexibility index (Phi) is 8.31. The highest BCUT2D eigenvalue weighted by Crippen LogP contribution is 2.26. The van der Waals surface area contributed by atoms with E-state index >= 15 is 0 Å². The van der Waals surface area contributed by atoms with Crippen LogP contribution in [0.5, 0.6) is 0 Å². The maximum absolute atomic E-state index is 13.7. The lowest BCUT2D eigenvalue weighted by Gasteiger charge is -2.34. The van der Waals surface area contributed by atoms with E-state index in [2.05, 4.69) is 15.1 Å². The summed E-state index contributed by atoms with van der Waals surface area (Å²) in [5.74, 6) is 0.723. The quantitative estimate of drug-likeness (QED) is 0.639. The van der Waals surface area contributed by atoms with E-state index < -0.39 is 0 Å². The number of carbonyl (C=O) groups excluding carboxylic acids is 1. The zero-order valence-electron chi connectivity index (χ0n) is 18.7. The fourth-order valence-electron chi connectivity index (χ4n) is 4.65. The van der Waals surface area contributed by atoms with E-state index in [4.69, 9.17) is 9.15 Å². The minimum absolute atomic E-state index is 0.182. The molecular formula is C25H34FN3O3. The maximum atomic E-state index is 13.7. The molecule has 1 aromatic carbocycles. The summed E-state index contributed by atoms with van der Waals surface area (Å²) in [6.07, 6.45) is 6.01. The maximum Gasteiger partial charge on any atom is 0.287 e. The molecular weight excluding hydrogens is 409 g/mol. The van der Waals surface area contributed by atoms with E-state index in [0.29, 0.717) is 31.4 Å². The van der Waals surface area contributed by atoms with Crippen LogP contribution < -0.4 is 5.32 Å². The number of nitrogens with one attached hydrogen (secondary N) is 1. The molecule has 1 aliphatic carbocycles. The van der Waals surface area contributed by atoms with Crippen LogP contribution in [0.2, 0.25) is 0 Å². The summed E-state index contributed by atoms with van der Waals surface area (Å²) in [7, 11) is 0. The lowest BCUT2D eigenvalue weighted by Crippen LogP contribution is -2.41.